The molecule has 0 aliphatic carbocycles. The quantitative estimate of drug-likeness (QED) is 0.547. The molecule has 0 aliphatic rings. The van der Waals surface area contributed by atoms with E-state index in [9.17, 15) is 0 Å². The van der Waals surface area contributed by atoms with Crippen LogP contribution in [0.15, 0.2) is 47.4 Å². The predicted octanol–water partition coefficient (Wildman–Crippen LogP) is 5.23. The van der Waals surface area contributed by atoms with Gasteiger partial charge in [0.1, 0.15) is 0 Å². The van der Waals surface area contributed by atoms with Gasteiger partial charge in [-0.3, -0.25) is 0 Å². The molecule has 0 aromatic heterocycles. The predicted molar refractivity (Wildman–Crippen MR) is 94.9 cm³/mol. The Kier molecular flexibility index (Phi) is 6.91. The molecule has 0 bridgehead atoms. The fourth-order valence-corrected chi connectivity index (χ4v) is 3.33. The normalized spacial score (nSPS) is 10.8. The molecular formula is C17H19Cl2NS. The van der Waals surface area contributed by atoms with Crippen LogP contribution in [0.2, 0.25) is 10.0 Å². The minimum Gasteiger partial charge on any atom is -0.316 e. The lowest BCUT2D eigenvalue weighted by atomic mass is 10.1. The van der Waals surface area contributed by atoms with E-state index in [1.807, 2.05) is 18.2 Å². The fourth-order valence-electron chi connectivity index (χ4n) is 1.93. The van der Waals surface area contributed by atoms with E-state index in [1.165, 1.54) is 11.1 Å². The highest BCUT2D eigenvalue weighted by molar-refractivity contribution is 7.99. The molecule has 0 fully saturated rings. The van der Waals surface area contributed by atoms with Gasteiger partial charge in [0.25, 0.3) is 0 Å². The van der Waals surface area contributed by atoms with E-state index in [0.717, 1.165) is 40.2 Å². The Labute approximate surface area is 141 Å². The topological polar surface area (TPSA) is 12.0 Å². The smallest absolute Gasteiger partial charge is 0.0542 e. The van der Waals surface area contributed by atoms with Crippen molar-refractivity contribution >= 4 is 35.0 Å². The van der Waals surface area contributed by atoms with Crippen molar-refractivity contribution in [2.75, 3.05) is 18.8 Å². The second-order valence-corrected chi connectivity index (χ2v) is 6.89. The zero-order valence-electron chi connectivity index (χ0n) is 12.0. The van der Waals surface area contributed by atoms with Gasteiger partial charge in [-0.05, 0) is 43.7 Å². The lowest BCUT2D eigenvalue weighted by Crippen LogP contribution is -2.20. The number of hydrogen-bond donors (Lipinski definition) is 1. The molecular weight excluding hydrogens is 321 g/mol. The summed E-state index contributed by atoms with van der Waals surface area (Å²) in [5.74, 6) is 0.980. The molecule has 0 atom stereocenters. The van der Waals surface area contributed by atoms with Crippen LogP contribution >= 0.6 is 35.0 Å². The molecule has 1 nitrogen and oxygen atoms in total. The number of nitrogens with one attached hydrogen (secondary N) is 1. The number of thioether (sulfide) groups is 1. The standard InChI is InChI=1S/C17H19Cl2NS/c1-13-2-4-14(5-3-13)8-9-20-10-11-21-17-12-15(18)6-7-16(17)19/h2-7,12,20H,8-11H2,1H3. The first-order chi connectivity index (χ1) is 10.1. The van der Waals surface area contributed by atoms with Crippen molar-refractivity contribution in [2.45, 2.75) is 18.2 Å². The largest absolute Gasteiger partial charge is 0.316 e. The van der Waals surface area contributed by atoms with Crippen molar-refractivity contribution < 1.29 is 0 Å². The van der Waals surface area contributed by atoms with Crippen LogP contribution < -0.4 is 5.32 Å². The monoisotopic (exact) mass is 339 g/mol. The first-order valence-corrected chi connectivity index (χ1v) is 8.73. The van der Waals surface area contributed by atoms with E-state index in [2.05, 4.69) is 36.5 Å². The van der Waals surface area contributed by atoms with Gasteiger partial charge in [-0.1, -0.05) is 53.0 Å². The molecule has 112 valence electrons. The molecule has 0 unspecified atom stereocenters. The summed E-state index contributed by atoms with van der Waals surface area (Å²) in [7, 11) is 0. The van der Waals surface area contributed by atoms with Crippen molar-refractivity contribution in [2.24, 2.45) is 0 Å². The maximum atomic E-state index is 6.13. The average molecular weight is 340 g/mol. The van der Waals surface area contributed by atoms with Crippen LogP contribution in [0.3, 0.4) is 0 Å². The summed E-state index contributed by atoms with van der Waals surface area (Å²) in [5.41, 5.74) is 2.68. The highest BCUT2D eigenvalue weighted by Crippen LogP contribution is 2.29. The number of halogens is 2. The summed E-state index contributed by atoms with van der Waals surface area (Å²) < 4.78 is 0. The van der Waals surface area contributed by atoms with Crippen LogP contribution in [-0.2, 0) is 6.42 Å². The van der Waals surface area contributed by atoms with E-state index in [4.69, 9.17) is 23.2 Å². The highest BCUT2D eigenvalue weighted by atomic mass is 35.5. The molecule has 2 aromatic rings. The molecule has 0 amide bonds. The molecule has 2 rings (SSSR count). The Morgan fingerprint density at radius 1 is 1.00 bits per heavy atom. The van der Waals surface area contributed by atoms with Crippen molar-refractivity contribution in [3.05, 3.63) is 63.6 Å². The maximum absolute atomic E-state index is 6.13. The molecule has 0 saturated heterocycles. The van der Waals surface area contributed by atoms with Crippen LogP contribution in [0.5, 0.6) is 0 Å². The lowest BCUT2D eigenvalue weighted by Gasteiger charge is -2.07. The third kappa shape index (κ3) is 5.91. The first kappa shape index (κ1) is 16.7. The number of rotatable bonds is 7. The summed E-state index contributed by atoms with van der Waals surface area (Å²) in [6, 6.07) is 14.3. The molecule has 0 aliphatic heterocycles. The highest BCUT2D eigenvalue weighted by Gasteiger charge is 2.01. The number of benzene rings is 2. The Morgan fingerprint density at radius 2 is 1.76 bits per heavy atom. The van der Waals surface area contributed by atoms with Gasteiger partial charge in [0, 0.05) is 22.2 Å². The maximum Gasteiger partial charge on any atom is 0.0542 e. The molecule has 1 N–H and O–H groups in total. The molecule has 0 saturated carbocycles. The van der Waals surface area contributed by atoms with E-state index in [1.54, 1.807) is 11.8 Å². The molecule has 0 spiro atoms. The van der Waals surface area contributed by atoms with Gasteiger partial charge in [-0.25, -0.2) is 0 Å². The second-order valence-electron chi connectivity index (χ2n) is 4.91. The lowest BCUT2D eigenvalue weighted by molar-refractivity contribution is 0.721. The van der Waals surface area contributed by atoms with Gasteiger partial charge >= 0.3 is 0 Å². The average Bonchev–Trinajstić information content (AvgIpc) is 2.48. The minimum atomic E-state index is 0.731. The number of hydrogen-bond acceptors (Lipinski definition) is 2. The van der Waals surface area contributed by atoms with Gasteiger partial charge in [0.2, 0.25) is 0 Å². The van der Waals surface area contributed by atoms with E-state index < -0.39 is 0 Å². The third-order valence-corrected chi connectivity index (χ3v) is 4.87. The van der Waals surface area contributed by atoms with Crippen LogP contribution in [-0.4, -0.2) is 18.8 Å². The van der Waals surface area contributed by atoms with Crippen LogP contribution in [0.1, 0.15) is 11.1 Å². The van der Waals surface area contributed by atoms with E-state index in [0.29, 0.717) is 0 Å². The van der Waals surface area contributed by atoms with Crippen molar-refractivity contribution in [1.29, 1.82) is 0 Å². The van der Waals surface area contributed by atoms with Crippen molar-refractivity contribution in [3.63, 3.8) is 0 Å². The zero-order chi connectivity index (χ0) is 15.1. The van der Waals surface area contributed by atoms with Gasteiger partial charge in [-0.15, -0.1) is 11.8 Å². The van der Waals surface area contributed by atoms with Gasteiger partial charge in [-0.2, -0.15) is 0 Å². The summed E-state index contributed by atoms with van der Waals surface area (Å²) in [4.78, 5) is 1.05. The summed E-state index contributed by atoms with van der Waals surface area (Å²) >= 11 is 13.8. The van der Waals surface area contributed by atoms with Gasteiger partial charge in [0.05, 0.1) is 5.02 Å². The Balaban J connectivity index is 1.64. The number of aryl methyl sites for hydroxylation is 1. The van der Waals surface area contributed by atoms with Crippen LogP contribution in [0, 0.1) is 6.92 Å². The van der Waals surface area contributed by atoms with E-state index >= 15 is 0 Å². The summed E-state index contributed by atoms with van der Waals surface area (Å²) in [6.45, 7) is 4.06. The first-order valence-electron chi connectivity index (χ1n) is 6.99. The van der Waals surface area contributed by atoms with Gasteiger partial charge in [0.15, 0.2) is 0 Å². The molecule has 2 aromatic carbocycles. The van der Waals surface area contributed by atoms with Crippen LogP contribution in [0.25, 0.3) is 0 Å². The fraction of sp³-hybridized carbons (Fsp3) is 0.294. The molecule has 0 radical (unpaired) electrons. The minimum absolute atomic E-state index is 0.731. The molecule has 4 heteroatoms. The van der Waals surface area contributed by atoms with Crippen LogP contribution in [0.4, 0.5) is 0 Å². The summed E-state index contributed by atoms with van der Waals surface area (Å²) in [5, 5.41) is 4.95. The second kappa shape index (κ2) is 8.70. The molecule has 0 heterocycles. The van der Waals surface area contributed by atoms with Gasteiger partial charge < -0.3 is 5.32 Å². The SMILES string of the molecule is Cc1ccc(CCNCCSc2cc(Cl)ccc2Cl)cc1. The summed E-state index contributed by atoms with van der Waals surface area (Å²) in [6.07, 6.45) is 1.06. The Hall–Kier alpha value is -0.670. The van der Waals surface area contributed by atoms with Crippen molar-refractivity contribution in [1.82, 2.24) is 5.32 Å². The molecule has 21 heavy (non-hydrogen) atoms. The Bertz CT molecular complexity index is 570. The van der Waals surface area contributed by atoms with Crippen molar-refractivity contribution in [3.8, 4) is 0 Å². The zero-order valence-corrected chi connectivity index (χ0v) is 14.4. The van der Waals surface area contributed by atoms with E-state index in [-0.39, 0.29) is 0 Å². The Morgan fingerprint density at radius 3 is 2.52 bits per heavy atom. The third-order valence-electron chi connectivity index (χ3n) is 3.14.